The fourth-order valence-corrected chi connectivity index (χ4v) is 0. The van der Waals surface area contributed by atoms with E-state index in [2.05, 4.69) is 4.85 Å². The Kier molecular flexibility index (Phi) is 3.15. The SMILES string of the molecule is [Li][CH2][N+]#[C-]. The third kappa shape index (κ3) is 2.09. The molecule has 0 aliphatic rings. The Morgan fingerprint density at radius 1 is 2.00 bits per heavy atom. The first kappa shape index (κ1) is 4.09. The topological polar surface area (TPSA) is 4.36 Å². The standard InChI is InChI=1S/C2H2N.Li/c1-3-2;/h1H2;. The van der Waals surface area contributed by atoms with Gasteiger partial charge in [0.25, 0.3) is 0 Å². The molecule has 16 valence electrons. The molecule has 1 nitrogen and oxygen atoms in total. The Morgan fingerprint density at radius 3 is 2.25 bits per heavy atom. The fraction of sp³-hybridized carbons (Fsp3) is 0.500. The van der Waals surface area contributed by atoms with Gasteiger partial charge in [-0.15, -0.1) is 0 Å². The van der Waals surface area contributed by atoms with Crippen molar-refractivity contribution in [3.8, 4) is 0 Å². The predicted molar refractivity (Wildman–Crippen MR) is 17.2 cm³/mol. The summed E-state index contributed by atoms with van der Waals surface area (Å²) >= 11 is 1.83. The van der Waals surface area contributed by atoms with E-state index in [1.165, 1.54) is 0 Å². The molecule has 0 aromatic rings. The Bertz CT molecular complexity index is 35.8. The van der Waals surface area contributed by atoms with Crippen molar-refractivity contribution in [1.82, 2.24) is 0 Å². The van der Waals surface area contributed by atoms with Crippen LogP contribution in [0.5, 0.6) is 0 Å². The van der Waals surface area contributed by atoms with Gasteiger partial charge in [0.15, 0.2) is 0 Å². The van der Waals surface area contributed by atoms with Crippen LogP contribution < -0.4 is 0 Å². The van der Waals surface area contributed by atoms with Crippen molar-refractivity contribution in [1.29, 1.82) is 0 Å². The summed E-state index contributed by atoms with van der Waals surface area (Å²) in [6.07, 6.45) is 0. The summed E-state index contributed by atoms with van der Waals surface area (Å²) in [6.45, 7) is 6.08. The van der Waals surface area contributed by atoms with E-state index in [0.29, 0.717) is 5.22 Å². The van der Waals surface area contributed by atoms with E-state index in [4.69, 9.17) is 6.57 Å². The second-order valence-electron chi connectivity index (χ2n) is 0.474. The van der Waals surface area contributed by atoms with Crippen molar-refractivity contribution >= 4 is 17.7 Å². The van der Waals surface area contributed by atoms with E-state index < -0.39 is 0 Å². The van der Waals surface area contributed by atoms with E-state index >= 15 is 0 Å². The summed E-state index contributed by atoms with van der Waals surface area (Å²) in [5, 5.41) is 0.611. The molecule has 0 heterocycles. The Labute approximate surface area is 35.0 Å². The van der Waals surface area contributed by atoms with Crippen molar-refractivity contribution in [2.24, 2.45) is 0 Å². The third-order valence-corrected chi connectivity index (χ3v) is 0.158. The van der Waals surface area contributed by atoms with Gasteiger partial charge >= 0.3 is 34.4 Å². The van der Waals surface area contributed by atoms with Gasteiger partial charge in [0.2, 0.25) is 0 Å². The molecule has 0 aliphatic carbocycles. The van der Waals surface area contributed by atoms with Crippen LogP contribution in [0, 0.1) is 6.57 Å². The first-order chi connectivity index (χ1) is 1.91. The molecular weight excluding hydrogens is 45.0 g/mol. The summed E-state index contributed by atoms with van der Waals surface area (Å²) in [5.74, 6) is 0. The molecule has 0 fully saturated rings. The van der Waals surface area contributed by atoms with E-state index in [0.717, 1.165) is 0 Å². The van der Waals surface area contributed by atoms with Crippen molar-refractivity contribution in [2.45, 2.75) is 0 Å². The maximum atomic E-state index is 6.08. The third-order valence-electron chi connectivity index (χ3n) is 0.158. The molecular formula is C2H2LiN. The van der Waals surface area contributed by atoms with Gasteiger partial charge in [0, 0.05) is 0 Å². The van der Waals surface area contributed by atoms with Crippen LogP contribution in [-0.2, 0) is 0 Å². The zero-order valence-corrected chi connectivity index (χ0v) is 2.65. The number of hydrogen-bond acceptors (Lipinski definition) is 0. The van der Waals surface area contributed by atoms with Crippen LogP contribution in [0.2, 0.25) is 0 Å². The van der Waals surface area contributed by atoms with Gasteiger partial charge < -0.3 is 0 Å². The number of hydrogen-bond donors (Lipinski definition) is 0. The van der Waals surface area contributed by atoms with E-state index in [-0.39, 0.29) is 0 Å². The van der Waals surface area contributed by atoms with Crippen LogP contribution in [0.4, 0.5) is 0 Å². The van der Waals surface area contributed by atoms with E-state index in [1.54, 1.807) is 0 Å². The molecule has 0 atom stereocenters. The second-order valence-corrected chi connectivity index (χ2v) is 0.474. The Hall–Kier alpha value is 0.0874. The van der Waals surface area contributed by atoms with Crippen LogP contribution in [-0.4, -0.2) is 22.9 Å². The summed E-state index contributed by atoms with van der Waals surface area (Å²) in [6, 6.07) is 0. The zero-order valence-electron chi connectivity index (χ0n) is 2.65. The molecule has 0 aliphatic heterocycles. The molecule has 0 bridgehead atoms. The molecule has 2 heteroatoms. The molecule has 4 heavy (non-hydrogen) atoms. The Balaban J connectivity index is 2.43. The van der Waals surface area contributed by atoms with Crippen LogP contribution in [0.15, 0.2) is 0 Å². The van der Waals surface area contributed by atoms with Crippen LogP contribution in [0.25, 0.3) is 4.85 Å². The van der Waals surface area contributed by atoms with Crippen molar-refractivity contribution in [3.63, 3.8) is 0 Å². The van der Waals surface area contributed by atoms with Crippen molar-refractivity contribution in [2.75, 3.05) is 5.22 Å². The first-order valence-corrected chi connectivity index (χ1v) is 1.25. The first-order valence-electron chi connectivity index (χ1n) is 1.25. The molecule has 0 unspecified atom stereocenters. The molecule has 0 saturated heterocycles. The van der Waals surface area contributed by atoms with Gasteiger partial charge in [-0.2, -0.15) is 0 Å². The minimum absolute atomic E-state index is 0.611. The quantitative estimate of drug-likeness (QED) is 0.268. The van der Waals surface area contributed by atoms with Gasteiger partial charge in [-0.05, 0) is 0 Å². The van der Waals surface area contributed by atoms with Gasteiger partial charge in [-0.1, -0.05) is 0 Å². The Morgan fingerprint density at radius 2 is 2.25 bits per heavy atom. The van der Waals surface area contributed by atoms with E-state index in [1.807, 2.05) is 17.7 Å². The monoisotopic (exact) mass is 47.0 g/mol. The summed E-state index contributed by atoms with van der Waals surface area (Å²) in [5.41, 5.74) is 0. The summed E-state index contributed by atoms with van der Waals surface area (Å²) < 4.78 is 0. The van der Waals surface area contributed by atoms with Crippen molar-refractivity contribution in [3.05, 3.63) is 11.4 Å². The van der Waals surface area contributed by atoms with Crippen molar-refractivity contribution < 1.29 is 0 Å². The number of rotatable bonds is 0. The van der Waals surface area contributed by atoms with Gasteiger partial charge in [-0.3, -0.25) is 0 Å². The zero-order chi connectivity index (χ0) is 3.41. The average Bonchev–Trinajstić information content (AvgIpc) is 1.37. The molecule has 0 radical (unpaired) electrons. The van der Waals surface area contributed by atoms with Crippen LogP contribution in [0.1, 0.15) is 0 Å². The number of nitrogens with zero attached hydrogens (tertiary/aromatic N) is 1. The predicted octanol–water partition coefficient (Wildman–Crippen LogP) is 0.0317. The van der Waals surface area contributed by atoms with Gasteiger partial charge in [0.1, 0.15) is 0 Å². The van der Waals surface area contributed by atoms with E-state index in [9.17, 15) is 0 Å². The normalized spacial score (nSPS) is 5.25. The maximum absolute atomic E-state index is 6.08. The molecule has 0 saturated carbocycles. The average molecular weight is 47.0 g/mol. The van der Waals surface area contributed by atoms with Crippen LogP contribution >= 0.6 is 0 Å². The molecule has 0 spiro atoms. The summed E-state index contributed by atoms with van der Waals surface area (Å²) in [4.78, 5) is 2.99. The summed E-state index contributed by atoms with van der Waals surface area (Å²) in [7, 11) is 0. The fourth-order valence-electron chi connectivity index (χ4n) is 0. The molecule has 0 aromatic heterocycles. The van der Waals surface area contributed by atoms with Gasteiger partial charge in [-0.25, -0.2) is 0 Å². The molecule has 0 amide bonds. The van der Waals surface area contributed by atoms with Crippen LogP contribution in [0.3, 0.4) is 0 Å². The minimum atomic E-state index is 0.611. The van der Waals surface area contributed by atoms with Gasteiger partial charge in [0.05, 0.1) is 0 Å². The molecule has 0 N–H and O–H groups in total. The molecule has 0 aromatic carbocycles. The second kappa shape index (κ2) is 3.09. The molecule has 0 rings (SSSR count).